The third-order valence-corrected chi connectivity index (χ3v) is 1.94. The molecule has 2 rings (SSSR count). The summed E-state index contributed by atoms with van der Waals surface area (Å²) in [7, 11) is 0. The first-order valence-corrected chi connectivity index (χ1v) is 4.60. The van der Waals surface area contributed by atoms with Crippen LogP contribution in [0.3, 0.4) is 0 Å². The zero-order valence-corrected chi connectivity index (χ0v) is 7.83. The Balaban J connectivity index is 2.42. The highest BCUT2D eigenvalue weighted by Gasteiger charge is 1.95. The van der Waals surface area contributed by atoms with Crippen LogP contribution in [0, 0.1) is 0 Å². The molecule has 2 heterocycles. The number of thiol groups is 1. The lowest BCUT2D eigenvalue weighted by Gasteiger charge is -1.91. The smallest absolute Gasteiger partial charge is 0.108 e. The van der Waals surface area contributed by atoms with E-state index in [-0.39, 0.29) is 0 Å². The minimum Gasteiger partial charge on any atom is -0.276 e. The van der Waals surface area contributed by atoms with E-state index in [0.717, 1.165) is 22.3 Å². The first kappa shape index (κ1) is 8.31. The maximum absolute atomic E-state index is 4.22. The normalized spacial score (nSPS) is 11.5. The molecule has 0 aliphatic rings. The maximum atomic E-state index is 4.22. The Morgan fingerprint density at radius 2 is 2.38 bits per heavy atom. The lowest BCUT2D eigenvalue weighted by molar-refractivity contribution is 1.12. The second-order valence-corrected chi connectivity index (χ2v) is 3.02. The van der Waals surface area contributed by atoms with E-state index >= 15 is 0 Å². The molecule has 0 spiro atoms. The van der Waals surface area contributed by atoms with Crippen LogP contribution in [0.4, 0.5) is 0 Å². The third-order valence-electron chi connectivity index (χ3n) is 1.73. The van der Waals surface area contributed by atoms with Gasteiger partial charge in [0.25, 0.3) is 0 Å². The van der Waals surface area contributed by atoms with E-state index in [4.69, 9.17) is 0 Å². The van der Waals surface area contributed by atoms with E-state index in [9.17, 15) is 0 Å². The Hall–Kier alpha value is -1.29. The summed E-state index contributed by atoms with van der Waals surface area (Å²) in [5, 5.41) is 6.77. The van der Waals surface area contributed by atoms with E-state index in [1.165, 1.54) is 0 Å². The number of hydrogen-bond donors (Lipinski definition) is 2. The quantitative estimate of drug-likeness (QED) is 0.712. The highest BCUT2D eigenvalue weighted by atomic mass is 32.1. The molecule has 2 aromatic rings. The minimum atomic E-state index is 0.737. The van der Waals surface area contributed by atoms with Gasteiger partial charge in [0.1, 0.15) is 5.52 Å². The van der Waals surface area contributed by atoms with E-state index in [2.05, 4.69) is 27.8 Å². The summed E-state index contributed by atoms with van der Waals surface area (Å²) < 4.78 is 0. The van der Waals surface area contributed by atoms with Crippen molar-refractivity contribution in [1.82, 2.24) is 15.2 Å². The Kier molecular flexibility index (Phi) is 2.31. The molecular formula is C9H9N3S. The van der Waals surface area contributed by atoms with Gasteiger partial charge in [-0.2, -0.15) is 17.7 Å². The Labute approximate surface area is 81.3 Å². The van der Waals surface area contributed by atoms with Gasteiger partial charge in [-0.05, 0) is 11.6 Å². The Morgan fingerprint density at radius 1 is 1.46 bits per heavy atom. The number of H-pyrrole nitrogens is 1. The van der Waals surface area contributed by atoms with Crippen LogP contribution in [0.2, 0.25) is 0 Å². The van der Waals surface area contributed by atoms with Gasteiger partial charge in [-0.25, -0.2) is 0 Å². The summed E-state index contributed by atoms with van der Waals surface area (Å²) >= 11 is 4.08. The number of nitrogens with one attached hydrogen (secondary N) is 1. The number of pyridine rings is 1. The Bertz CT molecular complexity index is 433. The van der Waals surface area contributed by atoms with Crippen molar-refractivity contribution in [3.8, 4) is 0 Å². The van der Waals surface area contributed by atoms with Crippen molar-refractivity contribution in [2.24, 2.45) is 0 Å². The van der Waals surface area contributed by atoms with Crippen LogP contribution in [0.25, 0.3) is 17.1 Å². The average Bonchev–Trinajstić information content (AvgIpc) is 2.61. The summed E-state index contributed by atoms with van der Waals surface area (Å²) in [5.74, 6) is 0.737. The third kappa shape index (κ3) is 1.72. The summed E-state index contributed by atoms with van der Waals surface area (Å²) in [5.41, 5.74) is 2.91. The van der Waals surface area contributed by atoms with E-state index in [0.29, 0.717) is 0 Å². The van der Waals surface area contributed by atoms with Gasteiger partial charge in [-0.1, -0.05) is 12.2 Å². The fourth-order valence-electron chi connectivity index (χ4n) is 1.13. The van der Waals surface area contributed by atoms with Crippen molar-refractivity contribution >= 4 is 29.7 Å². The topological polar surface area (TPSA) is 41.6 Å². The number of fused-ring (bicyclic) bond motifs is 1. The Morgan fingerprint density at radius 3 is 3.23 bits per heavy atom. The molecule has 0 saturated heterocycles. The second-order valence-electron chi connectivity index (χ2n) is 2.66. The molecule has 0 fully saturated rings. The minimum absolute atomic E-state index is 0.737. The SMILES string of the molecule is SCC=Cc1cnc2cn[nH]c2c1. The van der Waals surface area contributed by atoms with Gasteiger partial charge in [-0.15, -0.1) is 0 Å². The standard InChI is InChI=1S/C9H9N3S/c13-3-1-2-7-4-8-9(10-5-7)6-11-12-8/h1-2,4-6,13H,3H2,(H,11,12). The van der Waals surface area contributed by atoms with Crippen LogP contribution < -0.4 is 0 Å². The molecule has 2 aromatic heterocycles. The summed E-state index contributed by atoms with van der Waals surface area (Å²) in [6.45, 7) is 0. The van der Waals surface area contributed by atoms with Crippen molar-refractivity contribution < 1.29 is 0 Å². The number of nitrogens with zero attached hydrogens (tertiary/aromatic N) is 2. The summed E-state index contributed by atoms with van der Waals surface area (Å²) in [6.07, 6.45) is 7.49. The number of hydrogen-bond acceptors (Lipinski definition) is 3. The van der Waals surface area contributed by atoms with Gasteiger partial charge in [0, 0.05) is 11.9 Å². The molecule has 4 heteroatoms. The molecule has 0 radical (unpaired) electrons. The van der Waals surface area contributed by atoms with Crippen molar-refractivity contribution in [2.75, 3.05) is 5.75 Å². The first-order valence-electron chi connectivity index (χ1n) is 3.96. The molecule has 13 heavy (non-hydrogen) atoms. The molecule has 0 aliphatic carbocycles. The van der Waals surface area contributed by atoms with Crippen LogP contribution in [0.15, 0.2) is 24.5 Å². The zero-order chi connectivity index (χ0) is 9.10. The largest absolute Gasteiger partial charge is 0.276 e. The number of rotatable bonds is 2. The second kappa shape index (κ2) is 3.62. The molecule has 3 nitrogen and oxygen atoms in total. The molecule has 66 valence electrons. The van der Waals surface area contributed by atoms with Gasteiger partial charge in [-0.3, -0.25) is 10.1 Å². The molecule has 1 N–H and O–H groups in total. The first-order chi connectivity index (χ1) is 6.40. The molecule has 0 bridgehead atoms. The summed E-state index contributed by atoms with van der Waals surface area (Å²) in [6, 6.07) is 2.01. The van der Waals surface area contributed by atoms with Gasteiger partial charge in [0.15, 0.2) is 0 Å². The maximum Gasteiger partial charge on any atom is 0.108 e. The predicted octanol–water partition coefficient (Wildman–Crippen LogP) is 1.90. The van der Waals surface area contributed by atoms with Crippen molar-refractivity contribution in [3.63, 3.8) is 0 Å². The molecule has 0 unspecified atom stereocenters. The summed E-state index contributed by atoms with van der Waals surface area (Å²) in [4.78, 5) is 4.22. The van der Waals surface area contributed by atoms with Crippen LogP contribution in [0.1, 0.15) is 5.56 Å². The van der Waals surface area contributed by atoms with Gasteiger partial charge >= 0.3 is 0 Å². The molecule has 0 amide bonds. The molecule has 0 aliphatic heterocycles. The van der Waals surface area contributed by atoms with Gasteiger partial charge in [0.2, 0.25) is 0 Å². The van der Waals surface area contributed by atoms with Gasteiger partial charge in [0.05, 0.1) is 11.7 Å². The lowest BCUT2D eigenvalue weighted by atomic mass is 10.2. The van der Waals surface area contributed by atoms with Gasteiger partial charge < -0.3 is 0 Å². The van der Waals surface area contributed by atoms with Crippen LogP contribution >= 0.6 is 12.6 Å². The van der Waals surface area contributed by atoms with Crippen molar-refractivity contribution in [2.45, 2.75) is 0 Å². The fourth-order valence-corrected chi connectivity index (χ4v) is 1.23. The monoisotopic (exact) mass is 191 g/mol. The van der Waals surface area contributed by atoms with E-state index in [1.807, 2.05) is 24.4 Å². The molecule has 0 atom stereocenters. The van der Waals surface area contributed by atoms with E-state index < -0.39 is 0 Å². The highest BCUT2D eigenvalue weighted by Crippen LogP contribution is 2.10. The molecular weight excluding hydrogens is 182 g/mol. The average molecular weight is 191 g/mol. The van der Waals surface area contributed by atoms with Crippen LogP contribution in [0.5, 0.6) is 0 Å². The number of aromatic nitrogens is 3. The van der Waals surface area contributed by atoms with Crippen molar-refractivity contribution in [1.29, 1.82) is 0 Å². The fraction of sp³-hybridized carbons (Fsp3) is 0.111. The zero-order valence-electron chi connectivity index (χ0n) is 6.94. The predicted molar refractivity (Wildman–Crippen MR) is 56.8 cm³/mol. The molecule has 0 aromatic carbocycles. The molecule has 0 saturated carbocycles. The van der Waals surface area contributed by atoms with E-state index in [1.54, 1.807) is 6.20 Å². The highest BCUT2D eigenvalue weighted by molar-refractivity contribution is 7.80. The number of aromatic amines is 1. The van der Waals surface area contributed by atoms with Crippen LogP contribution in [-0.2, 0) is 0 Å². The van der Waals surface area contributed by atoms with Crippen LogP contribution in [-0.4, -0.2) is 20.9 Å². The lowest BCUT2D eigenvalue weighted by Crippen LogP contribution is -1.78. The van der Waals surface area contributed by atoms with Crippen molar-refractivity contribution in [3.05, 3.63) is 30.1 Å².